The molecule has 4 nitrogen and oxygen atoms in total. The molecule has 1 unspecified atom stereocenters. The van der Waals surface area contributed by atoms with Crippen molar-refractivity contribution in [2.45, 2.75) is 57.2 Å². The Balaban J connectivity index is 2.32. The molecule has 1 atom stereocenters. The van der Waals surface area contributed by atoms with Crippen LogP contribution in [-0.4, -0.2) is 72.9 Å². The Hall–Kier alpha value is -0.160. The number of nitrogens with one attached hydrogen (secondary N) is 1. The Labute approximate surface area is 119 Å². The van der Waals surface area contributed by atoms with Crippen LogP contribution in [0.5, 0.6) is 0 Å². The molecule has 2 N–H and O–H groups in total. The van der Waals surface area contributed by atoms with Gasteiger partial charge >= 0.3 is 0 Å². The van der Waals surface area contributed by atoms with Gasteiger partial charge in [-0.1, -0.05) is 0 Å². The first-order valence-corrected chi connectivity index (χ1v) is 7.44. The molecule has 114 valence electrons. The highest BCUT2D eigenvalue weighted by Gasteiger charge is 2.39. The van der Waals surface area contributed by atoms with E-state index in [2.05, 4.69) is 57.0 Å². The van der Waals surface area contributed by atoms with Gasteiger partial charge in [0.1, 0.15) is 0 Å². The lowest BCUT2D eigenvalue weighted by molar-refractivity contribution is 0.0144. The van der Waals surface area contributed by atoms with E-state index >= 15 is 0 Å². The second-order valence-electron chi connectivity index (χ2n) is 7.45. The van der Waals surface area contributed by atoms with Crippen molar-refractivity contribution in [3.63, 3.8) is 0 Å². The molecule has 0 aliphatic heterocycles. The maximum absolute atomic E-state index is 10.1. The molecule has 0 heterocycles. The molecule has 0 aromatic rings. The van der Waals surface area contributed by atoms with Crippen molar-refractivity contribution in [3.8, 4) is 0 Å². The van der Waals surface area contributed by atoms with Gasteiger partial charge in [-0.3, -0.25) is 0 Å². The molecule has 0 bridgehead atoms. The first kappa shape index (κ1) is 16.9. The van der Waals surface area contributed by atoms with Crippen LogP contribution in [0.25, 0.3) is 0 Å². The third kappa shape index (κ3) is 5.38. The van der Waals surface area contributed by atoms with Gasteiger partial charge in [-0.15, -0.1) is 0 Å². The quantitative estimate of drug-likeness (QED) is 0.729. The fourth-order valence-corrected chi connectivity index (χ4v) is 2.75. The van der Waals surface area contributed by atoms with E-state index < -0.39 is 0 Å². The second-order valence-corrected chi connectivity index (χ2v) is 7.45. The fourth-order valence-electron chi connectivity index (χ4n) is 2.75. The zero-order valence-corrected chi connectivity index (χ0v) is 13.7. The number of aliphatic hydroxyl groups is 1. The van der Waals surface area contributed by atoms with E-state index in [0.717, 1.165) is 13.1 Å². The van der Waals surface area contributed by atoms with Gasteiger partial charge in [-0.2, -0.15) is 0 Å². The van der Waals surface area contributed by atoms with Crippen molar-refractivity contribution >= 4 is 0 Å². The summed E-state index contributed by atoms with van der Waals surface area (Å²) in [4.78, 5) is 4.63. The predicted molar refractivity (Wildman–Crippen MR) is 81.5 cm³/mol. The Morgan fingerprint density at radius 1 is 1.21 bits per heavy atom. The predicted octanol–water partition coefficient (Wildman–Crippen LogP) is 1.15. The monoisotopic (exact) mass is 271 g/mol. The van der Waals surface area contributed by atoms with E-state index in [4.69, 9.17) is 0 Å². The number of aliphatic hydroxyl groups excluding tert-OH is 1. The second kappa shape index (κ2) is 6.53. The van der Waals surface area contributed by atoms with Gasteiger partial charge in [-0.05, 0) is 61.2 Å². The Bertz CT molecular complexity index is 269. The van der Waals surface area contributed by atoms with E-state index in [1.807, 2.05) is 0 Å². The molecule has 0 amide bonds. The highest BCUT2D eigenvalue weighted by Crippen LogP contribution is 2.36. The molecule has 0 radical (unpaired) electrons. The lowest BCUT2D eigenvalue weighted by Crippen LogP contribution is -2.57. The summed E-state index contributed by atoms with van der Waals surface area (Å²) in [6.07, 6.45) is 3.59. The van der Waals surface area contributed by atoms with Gasteiger partial charge in [0, 0.05) is 30.7 Å². The van der Waals surface area contributed by atoms with Crippen molar-refractivity contribution in [1.29, 1.82) is 0 Å². The molecule has 0 aromatic carbocycles. The van der Waals surface area contributed by atoms with Crippen LogP contribution < -0.4 is 5.32 Å². The zero-order valence-electron chi connectivity index (χ0n) is 13.7. The van der Waals surface area contributed by atoms with Crippen molar-refractivity contribution < 1.29 is 5.11 Å². The maximum atomic E-state index is 10.1. The van der Waals surface area contributed by atoms with Crippen LogP contribution in [0.4, 0.5) is 0 Å². The first-order chi connectivity index (χ1) is 8.65. The highest BCUT2D eigenvalue weighted by molar-refractivity contribution is 4.98. The molecule has 1 aliphatic rings. The molecule has 0 saturated heterocycles. The van der Waals surface area contributed by atoms with Crippen LogP contribution in [0.15, 0.2) is 0 Å². The smallest absolute Gasteiger partial charge is 0.0791 e. The molecule has 4 heteroatoms. The number of hydrogen-bond acceptors (Lipinski definition) is 4. The Morgan fingerprint density at radius 3 is 2.16 bits per heavy atom. The van der Waals surface area contributed by atoms with Crippen LogP contribution in [0.1, 0.15) is 40.0 Å². The molecular formula is C15H33N3O. The molecule has 19 heavy (non-hydrogen) atoms. The topological polar surface area (TPSA) is 38.7 Å². The third-order valence-electron chi connectivity index (χ3n) is 4.19. The summed E-state index contributed by atoms with van der Waals surface area (Å²) < 4.78 is 0. The fraction of sp³-hybridized carbons (Fsp3) is 1.00. The standard InChI is InChI=1S/C15H33N3O/c1-14(2,3)16-10-13(19)11-18(6)12-15(17(4)5)8-7-9-15/h13,16,19H,7-12H2,1-6H3. The number of rotatable bonds is 7. The Kier molecular flexibility index (Phi) is 5.80. The van der Waals surface area contributed by atoms with Gasteiger partial charge in [-0.25, -0.2) is 0 Å². The minimum Gasteiger partial charge on any atom is -0.390 e. The van der Waals surface area contributed by atoms with E-state index in [0.29, 0.717) is 12.1 Å². The van der Waals surface area contributed by atoms with Gasteiger partial charge < -0.3 is 20.2 Å². The number of likely N-dealkylation sites (N-methyl/N-ethyl adjacent to an activating group) is 2. The van der Waals surface area contributed by atoms with Crippen molar-refractivity contribution in [2.24, 2.45) is 0 Å². The van der Waals surface area contributed by atoms with Gasteiger partial charge in [0.15, 0.2) is 0 Å². The van der Waals surface area contributed by atoms with Crippen molar-refractivity contribution in [3.05, 3.63) is 0 Å². The van der Waals surface area contributed by atoms with Crippen LogP contribution in [0, 0.1) is 0 Å². The molecule has 0 spiro atoms. The normalized spacial score (nSPS) is 20.7. The van der Waals surface area contributed by atoms with Crippen LogP contribution in [0.3, 0.4) is 0 Å². The van der Waals surface area contributed by atoms with Gasteiger partial charge in [0.2, 0.25) is 0 Å². The van der Waals surface area contributed by atoms with E-state index in [-0.39, 0.29) is 11.6 Å². The van der Waals surface area contributed by atoms with Crippen LogP contribution in [-0.2, 0) is 0 Å². The van der Waals surface area contributed by atoms with Crippen LogP contribution in [0.2, 0.25) is 0 Å². The van der Waals surface area contributed by atoms with E-state index in [9.17, 15) is 5.11 Å². The molecule has 1 rings (SSSR count). The van der Waals surface area contributed by atoms with Crippen LogP contribution >= 0.6 is 0 Å². The number of nitrogens with zero attached hydrogens (tertiary/aromatic N) is 2. The third-order valence-corrected chi connectivity index (χ3v) is 4.19. The summed E-state index contributed by atoms with van der Waals surface area (Å²) in [6.45, 7) is 8.81. The van der Waals surface area contributed by atoms with E-state index in [1.165, 1.54) is 19.3 Å². The lowest BCUT2D eigenvalue weighted by Gasteiger charge is -2.49. The average Bonchev–Trinajstić information content (AvgIpc) is 2.19. The maximum Gasteiger partial charge on any atom is 0.0791 e. The summed E-state index contributed by atoms with van der Waals surface area (Å²) >= 11 is 0. The summed E-state index contributed by atoms with van der Waals surface area (Å²) in [7, 11) is 6.46. The summed E-state index contributed by atoms with van der Waals surface area (Å²) in [5.74, 6) is 0. The molecule has 1 fully saturated rings. The molecule has 1 saturated carbocycles. The highest BCUT2D eigenvalue weighted by atomic mass is 16.3. The number of β-amino-alcohol motifs (C(OH)–C–C–N with tert-alkyl or cyclic N) is 1. The summed E-state index contributed by atoms with van der Waals surface area (Å²) in [5.41, 5.74) is 0.407. The van der Waals surface area contributed by atoms with Gasteiger partial charge in [0.05, 0.1) is 6.10 Å². The molecular weight excluding hydrogens is 238 g/mol. The minimum absolute atomic E-state index is 0.0678. The average molecular weight is 271 g/mol. The molecule has 1 aliphatic carbocycles. The van der Waals surface area contributed by atoms with E-state index in [1.54, 1.807) is 0 Å². The van der Waals surface area contributed by atoms with Crippen molar-refractivity contribution in [1.82, 2.24) is 15.1 Å². The minimum atomic E-state index is -0.302. The van der Waals surface area contributed by atoms with Gasteiger partial charge in [0.25, 0.3) is 0 Å². The summed E-state index contributed by atoms with van der Waals surface area (Å²) in [6, 6.07) is 0. The van der Waals surface area contributed by atoms with Crippen molar-refractivity contribution in [2.75, 3.05) is 40.8 Å². The first-order valence-electron chi connectivity index (χ1n) is 7.44. The molecule has 0 aromatic heterocycles. The zero-order chi connectivity index (χ0) is 14.7. The number of hydrogen-bond donors (Lipinski definition) is 2. The summed E-state index contributed by atoms with van der Waals surface area (Å²) in [5, 5.41) is 13.4. The lowest BCUT2D eigenvalue weighted by atomic mass is 9.75. The SMILES string of the molecule is CN(CC(O)CNC(C)(C)C)CC1(N(C)C)CCC1. The Morgan fingerprint density at radius 2 is 1.79 bits per heavy atom. The largest absolute Gasteiger partial charge is 0.390 e.